The van der Waals surface area contributed by atoms with Crippen LogP contribution in [0.25, 0.3) is 44.2 Å². The van der Waals surface area contributed by atoms with E-state index in [0.29, 0.717) is 0 Å². The summed E-state index contributed by atoms with van der Waals surface area (Å²) in [4.78, 5) is 2.33. The molecule has 0 spiro atoms. The van der Waals surface area contributed by atoms with Gasteiger partial charge in [0, 0.05) is 29.5 Å². The third-order valence-corrected chi connectivity index (χ3v) is 6.88. The van der Waals surface area contributed by atoms with Crippen LogP contribution < -0.4 is 4.90 Å². The number of rotatable bonds is 5. The number of hydrogen-bond donors (Lipinski definition) is 0. The Balaban J connectivity index is 1.54. The van der Waals surface area contributed by atoms with Gasteiger partial charge in [0.1, 0.15) is 0 Å². The molecule has 0 aliphatic rings. The first-order chi connectivity index (χ1) is 17.8. The number of anilines is 2. The summed E-state index contributed by atoms with van der Waals surface area (Å²) in [5, 5.41) is 2.51. The van der Waals surface area contributed by atoms with Crippen molar-refractivity contribution in [3.8, 4) is 33.4 Å². The van der Waals surface area contributed by atoms with Crippen molar-refractivity contribution < 1.29 is 0 Å². The predicted octanol–water partition coefficient (Wildman–Crippen LogP) is 9.61. The van der Waals surface area contributed by atoms with Crippen LogP contribution in [0, 0.1) is 0 Å². The van der Waals surface area contributed by atoms with Crippen molar-refractivity contribution in [1.82, 2.24) is 0 Å². The van der Waals surface area contributed by atoms with Gasteiger partial charge in [-0.25, -0.2) is 0 Å². The highest BCUT2D eigenvalue weighted by atomic mass is 15.1. The van der Waals surface area contributed by atoms with Gasteiger partial charge in [-0.2, -0.15) is 0 Å². The molecule has 0 atom stereocenters. The average molecular weight is 462 g/mol. The third-order valence-electron chi connectivity index (χ3n) is 6.88. The molecule has 36 heavy (non-hydrogen) atoms. The Labute approximate surface area is 212 Å². The predicted molar refractivity (Wildman–Crippen MR) is 155 cm³/mol. The van der Waals surface area contributed by atoms with Gasteiger partial charge in [-0.15, -0.1) is 0 Å². The maximum atomic E-state index is 2.33. The van der Waals surface area contributed by atoms with E-state index in [1.54, 1.807) is 0 Å². The van der Waals surface area contributed by atoms with Crippen LogP contribution in [0.5, 0.6) is 0 Å². The van der Waals surface area contributed by atoms with E-state index in [1.165, 1.54) is 55.5 Å². The highest BCUT2D eigenvalue weighted by Gasteiger charge is 2.16. The summed E-state index contributed by atoms with van der Waals surface area (Å²) in [6, 6.07) is 52.0. The van der Waals surface area contributed by atoms with Gasteiger partial charge in [0.2, 0.25) is 0 Å². The van der Waals surface area contributed by atoms with Crippen molar-refractivity contribution in [2.75, 3.05) is 11.9 Å². The Bertz CT molecular complexity index is 1630. The summed E-state index contributed by atoms with van der Waals surface area (Å²) in [7, 11) is 2.18. The molecular formula is C35H27N. The van der Waals surface area contributed by atoms with E-state index in [1.807, 2.05) is 0 Å². The highest BCUT2D eigenvalue weighted by molar-refractivity contribution is 5.94. The van der Waals surface area contributed by atoms with Gasteiger partial charge in [0.15, 0.2) is 0 Å². The molecule has 1 nitrogen and oxygen atoms in total. The fourth-order valence-electron chi connectivity index (χ4n) is 4.98. The standard InChI is InChI=1S/C35H27N/c1-36(34-19-11-10-18-32(34)28-15-6-3-7-16-28)35-25-30(26-12-4-2-5-13-26)22-23-33(35)31-21-20-27-14-8-9-17-29(27)24-31/h2-25H,1H3. The SMILES string of the molecule is CN(c1ccccc1-c1ccccc1)c1cc(-c2ccccc2)ccc1-c1ccc2ccccc2c1. The van der Waals surface area contributed by atoms with E-state index in [9.17, 15) is 0 Å². The number of nitrogens with zero attached hydrogens (tertiary/aromatic N) is 1. The second-order valence-corrected chi connectivity index (χ2v) is 9.10. The van der Waals surface area contributed by atoms with E-state index in [0.717, 1.165) is 0 Å². The van der Waals surface area contributed by atoms with E-state index >= 15 is 0 Å². The number of hydrogen-bond acceptors (Lipinski definition) is 1. The topological polar surface area (TPSA) is 3.24 Å². The zero-order chi connectivity index (χ0) is 24.3. The Morgan fingerprint density at radius 2 is 0.944 bits per heavy atom. The normalized spacial score (nSPS) is 10.9. The lowest BCUT2D eigenvalue weighted by Crippen LogP contribution is -2.12. The van der Waals surface area contributed by atoms with Crippen LogP contribution in [0.2, 0.25) is 0 Å². The van der Waals surface area contributed by atoms with E-state index in [2.05, 4.69) is 158 Å². The second kappa shape index (κ2) is 9.56. The van der Waals surface area contributed by atoms with E-state index in [-0.39, 0.29) is 0 Å². The van der Waals surface area contributed by atoms with Gasteiger partial charge >= 0.3 is 0 Å². The Morgan fingerprint density at radius 3 is 1.72 bits per heavy atom. The number of para-hydroxylation sites is 1. The van der Waals surface area contributed by atoms with Crippen molar-refractivity contribution in [3.63, 3.8) is 0 Å². The molecule has 6 rings (SSSR count). The minimum absolute atomic E-state index is 1.18. The van der Waals surface area contributed by atoms with Crippen LogP contribution >= 0.6 is 0 Å². The van der Waals surface area contributed by atoms with Crippen molar-refractivity contribution in [2.45, 2.75) is 0 Å². The molecule has 0 amide bonds. The summed E-state index contributed by atoms with van der Waals surface area (Å²) < 4.78 is 0. The summed E-state index contributed by atoms with van der Waals surface area (Å²) in [5.74, 6) is 0. The molecule has 172 valence electrons. The van der Waals surface area contributed by atoms with Gasteiger partial charge < -0.3 is 4.90 Å². The van der Waals surface area contributed by atoms with Crippen LogP contribution in [0.15, 0.2) is 146 Å². The van der Waals surface area contributed by atoms with Crippen molar-refractivity contribution in [2.24, 2.45) is 0 Å². The maximum absolute atomic E-state index is 2.33. The summed E-state index contributed by atoms with van der Waals surface area (Å²) in [5.41, 5.74) is 9.64. The van der Waals surface area contributed by atoms with Crippen LogP contribution in [0.1, 0.15) is 0 Å². The molecule has 0 fully saturated rings. The van der Waals surface area contributed by atoms with Crippen LogP contribution in [-0.4, -0.2) is 7.05 Å². The van der Waals surface area contributed by atoms with Gasteiger partial charge in [0.25, 0.3) is 0 Å². The highest BCUT2D eigenvalue weighted by Crippen LogP contribution is 2.41. The minimum Gasteiger partial charge on any atom is -0.344 e. The largest absolute Gasteiger partial charge is 0.344 e. The Morgan fingerprint density at radius 1 is 0.361 bits per heavy atom. The molecule has 1 heteroatoms. The van der Waals surface area contributed by atoms with Crippen molar-refractivity contribution >= 4 is 22.1 Å². The molecule has 0 aliphatic heterocycles. The molecule has 0 bridgehead atoms. The van der Waals surface area contributed by atoms with Crippen molar-refractivity contribution in [3.05, 3.63) is 146 Å². The fourth-order valence-corrected chi connectivity index (χ4v) is 4.98. The molecule has 0 radical (unpaired) electrons. The van der Waals surface area contributed by atoms with E-state index in [4.69, 9.17) is 0 Å². The lowest BCUT2D eigenvalue weighted by Gasteiger charge is -2.26. The number of fused-ring (bicyclic) bond motifs is 1. The van der Waals surface area contributed by atoms with Crippen LogP contribution in [0.4, 0.5) is 11.4 Å². The molecular weight excluding hydrogens is 434 g/mol. The zero-order valence-corrected chi connectivity index (χ0v) is 20.3. The first-order valence-corrected chi connectivity index (χ1v) is 12.3. The Hall–Kier alpha value is -4.62. The minimum atomic E-state index is 1.18. The molecule has 0 unspecified atom stereocenters. The van der Waals surface area contributed by atoms with Crippen molar-refractivity contribution in [1.29, 1.82) is 0 Å². The quantitative estimate of drug-likeness (QED) is 0.247. The van der Waals surface area contributed by atoms with Gasteiger partial charge in [0.05, 0.1) is 0 Å². The smallest absolute Gasteiger partial charge is 0.0494 e. The van der Waals surface area contributed by atoms with E-state index < -0.39 is 0 Å². The first kappa shape index (κ1) is 21.9. The lowest BCUT2D eigenvalue weighted by molar-refractivity contribution is 1.21. The van der Waals surface area contributed by atoms with Gasteiger partial charge in [-0.05, 0) is 51.2 Å². The van der Waals surface area contributed by atoms with Crippen LogP contribution in [-0.2, 0) is 0 Å². The fraction of sp³-hybridized carbons (Fsp3) is 0.0286. The zero-order valence-electron chi connectivity index (χ0n) is 20.3. The molecule has 0 aliphatic carbocycles. The molecule has 0 saturated carbocycles. The molecule has 0 N–H and O–H groups in total. The molecule has 0 heterocycles. The third kappa shape index (κ3) is 4.16. The van der Waals surface area contributed by atoms with Gasteiger partial charge in [-0.3, -0.25) is 0 Å². The second-order valence-electron chi connectivity index (χ2n) is 9.10. The molecule has 6 aromatic carbocycles. The lowest BCUT2D eigenvalue weighted by atomic mass is 9.95. The molecule has 6 aromatic rings. The van der Waals surface area contributed by atoms with Crippen LogP contribution in [0.3, 0.4) is 0 Å². The van der Waals surface area contributed by atoms with Gasteiger partial charge in [-0.1, -0.05) is 127 Å². The summed E-state index contributed by atoms with van der Waals surface area (Å²) in [6.45, 7) is 0. The monoisotopic (exact) mass is 461 g/mol. The number of benzene rings is 6. The first-order valence-electron chi connectivity index (χ1n) is 12.3. The molecule has 0 aromatic heterocycles. The summed E-state index contributed by atoms with van der Waals surface area (Å²) >= 11 is 0. The summed E-state index contributed by atoms with van der Waals surface area (Å²) in [6.07, 6.45) is 0. The Kier molecular flexibility index (Phi) is 5.81. The maximum Gasteiger partial charge on any atom is 0.0494 e. The molecule has 0 saturated heterocycles. The average Bonchev–Trinajstić information content (AvgIpc) is 2.97.